The topological polar surface area (TPSA) is 111 Å². The molecule has 40 heavy (non-hydrogen) atoms. The Hall–Kier alpha value is -4.39. The van der Waals surface area contributed by atoms with Crippen molar-refractivity contribution < 1.29 is 17.9 Å². The second-order valence-electron chi connectivity index (χ2n) is 9.48. The second-order valence-corrected chi connectivity index (χ2v) is 9.48. The number of hydrogen-bond donors (Lipinski definition) is 3. The van der Waals surface area contributed by atoms with Crippen molar-refractivity contribution in [3.8, 4) is 11.6 Å². The zero-order valence-corrected chi connectivity index (χ0v) is 21.8. The number of hydrogen-bond acceptors (Lipinski definition) is 8. The number of fused-ring (bicyclic) bond motifs is 1. The summed E-state index contributed by atoms with van der Waals surface area (Å²) in [7, 11) is 0. The summed E-state index contributed by atoms with van der Waals surface area (Å²) in [6, 6.07) is 10.5. The molecule has 0 bridgehead atoms. The normalized spacial score (nSPS) is 14.3. The first-order chi connectivity index (χ1) is 19.2. The SMILES string of the molecule is C=CCn1c(=O)c2cnc(Nc3ccc(OCC(F)(F)F)c(C)c3)nc2n1-c1cccc(NC2CCNCC2)n1. The largest absolute Gasteiger partial charge is 0.484 e. The van der Waals surface area contributed by atoms with Crippen molar-refractivity contribution in [1.29, 1.82) is 0 Å². The van der Waals surface area contributed by atoms with E-state index in [1.807, 2.05) is 12.1 Å². The molecular formula is C27H29F3N8O2. The number of aryl methyl sites for hydroxylation is 1. The fraction of sp³-hybridized carbons (Fsp3) is 0.333. The number of ether oxygens (including phenoxy) is 1. The van der Waals surface area contributed by atoms with Crippen LogP contribution in [-0.2, 0) is 6.54 Å². The van der Waals surface area contributed by atoms with E-state index in [-0.39, 0.29) is 23.8 Å². The summed E-state index contributed by atoms with van der Waals surface area (Å²) in [6.45, 7) is 6.15. The number of alkyl halides is 3. The van der Waals surface area contributed by atoms with Crippen LogP contribution in [0.5, 0.6) is 5.75 Å². The molecule has 3 N–H and O–H groups in total. The van der Waals surface area contributed by atoms with Gasteiger partial charge in [-0.15, -0.1) is 6.58 Å². The third-order valence-electron chi connectivity index (χ3n) is 6.44. The maximum Gasteiger partial charge on any atom is 0.422 e. The third kappa shape index (κ3) is 6.09. The van der Waals surface area contributed by atoms with Crippen molar-refractivity contribution >= 4 is 28.5 Å². The van der Waals surface area contributed by atoms with Gasteiger partial charge in [-0.25, -0.2) is 19.3 Å². The van der Waals surface area contributed by atoms with Crippen LogP contribution in [0.4, 0.5) is 30.6 Å². The van der Waals surface area contributed by atoms with Gasteiger partial charge in [-0.1, -0.05) is 12.1 Å². The molecule has 3 aromatic heterocycles. The highest BCUT2D eigenvalue weighted by Gasteiger charge is 2.28. The zero-order valence-electron chi connectivity index (χ0n) is 21.8. The smallest absolute Gasteiger partial charge is 0.422 e. The monoisotopic (exact) mass is 554 g/mol. The lowest BCUT2D eigenvalue weighted by Gasteiger charge is -2.24. The molecule has 1 aromatic carbocycles. The van der Waals surface area contributed by atoms with Crippen LogP contribution in [0.1, 0.15) is 18.4 Å². The number of aromatic nitrogens is 5. The molecule has 13 heteroatoms. The Morgan fingerprint density at radius 3 is 2.73 bits per heavy atom. The van der Waals surface area contributed by atoms with Gasteiger partial charge in [0.15, 0.2) is 18.1 Å². The summed E-state index contributed by atoms with van der Waals surface area (Å²) in [5, 5.41) is 10.2. The van der Waals surface area contributed by atoms with Gasteiger partial charge >= 0.3 is 6.18 Å². The Kier molecular flexibility index (Phi) is 7.74. The maximum absolute atomic E-state index is 13.2. The van der Waals surface area contributed by atoms with Crippen LogP contribution in [0.25, 0.3) is 16.9 Å². The van der Waals surface area contributed by atoms with Gasteiger partial charge in [0.1, 0.15) is 17.0 Å². The van der Waals surface area contributed by atoms with Gasteiger partial charge in [-0.3, -0.25) is 4.79 Å². The van der Waals surface area contributed by atoms with E-state index in [1.165, 1.54) is 16.9 Å². The van der Waals surface area contributed by atoms with Crippen molar-refractivity contribution in [2.45, 2.75) is 38.5 Å². The maximum atomic E-state index is 13.2. The Morgan fingerprint density at radius 1 is 1.20 bits per heavy atom. The summed E-state index contributed by atoms with van der Waals surface area (Å²) >= 11 is 0. The van der Waals surface area contributed by atoms with Gasteiger partial charge in [0.05, 0.1) is 6.54 Å². The fourth-order valence-electron chi connectivity index (χ4n) is 4.58. The Balaban J connectivity index is 1.47. The van der Waals surface area contributed by atoms with Gasteiger partial charge in [0.25, 0.3) is 5.56 Å². The molecule has 10 nitrogen and oxygen atoms in total. The van der Waals surface area contributed by atoms with Gasteiger partial charge in [-0.05, 0) is 68.8 Å². The predicted octanol–water partition coefficient (Wildman–Crippen LogP) is 4.32. The molecule has 5 rings (SSSR count). The molecule has 1 saturated heterocycles. The number of halogens is 3. The molecule has 0 amide bonds. The molecule has 0 atom stereocenters. The lowest BCUT2D eigenvalue weighted by Crippen LogP contribution is -2.35. The fourth-order valence-corrected chi connectivity index (χ4v) is 4.58. The zero-order chi connectivity index (χ0) is 28.3. The van der Waals surface area contributed by atoms with E-state index in [0.717, 1.165) is 25.9 Å². The van der Waals surface area contributed by atoms with Crippen molar-refractivity contribution in [2.75, 3.05) is 30.3 Å². The highest BCUT2D eigenvalue weighted by Crippen LogP contribution is 2.26. The van der Waals surface area contributed by atoms with E-state index < -0.39 is 12.8 Å². The van der Waals surface area contributed by atoms with E-state index in [4.69, 9.17) is 9.72 Å². The van der Waals surface area contributed by atoms with Crippen LogP contribution in [0.2, 0.25) is 0 Å². The number of allylic oxidation sites excluding steroid dienone is 1. The quantitative estimate of drug-likeness (QED) is 0.263. The lowest BCUT2D eigenvalue weighted by molar-refractivity contribution is -0.153. The van der Waals surface area contributed by atoms with Crippen LogP contribution in [0.3, 0.4) is 0 Å². The molecule has 4 heterocycles. The number of piperidine rings is 1. The molecule has 0 aliphatic carbocycles. The van der Waals surface area contributed by atoms with E-state index in [0.29, 0.717) is 40.0 Å². The average Bonchev–Trinajstić information content (AvgIpc) is 3.19. The first-order valence-electron chi connectivity index (χ1n) is 12.8. The standard InChI is InChI=1S/C27H29F3N8O2/c1-3-13-37-25(39)20-15-32-26(34-19-7-8-21(17(2)14-19)40-16-27(28,29)30)36-24(20)38(37)23-6-4-5-22(35-23)33-18-9-11-31-12-10-18/h3-8,14-15,18,31H,1,9-13,16H2,2H3,(H,33,35)(H,32,34,36). The number of nitrogens with one attached hydrogen (secondary N) is 3. The van der Waals surface area contributed by atoms with Crippen LogP contribution in [0, 0.1) is 6.92 Å². The number of anilines is 3. The first-order valence-corrected chi connectivity index (χ1v) is 12.8. The van der Waals surface area contributed by atoms with Crippen molar-refractivity contribution in [2.24, 2.45) is 0 Å². The molecule has 1 aliphatic rings. The minimum atomic E-state index is -4.43. The average molecular weight is 555 g/mol. The number of nitrogens with zero attached hydrogens (tertiary/aromatic N) is 5. The summed E-state index contributed by atoms with van der Waals surface area (Å²) < 4.78 is 45.6. The van der Waals surface area contributed by atoms with Gasteiger partial charge in [0, 0.05) is 17.9 Å². The lowest BCUT2D eigenvalue weighted by atomic mass is 10.1. The van der Waals surface area contributed by atoms with Crippen LogP contribution in [-0.4, -0.2) is 56.2 Å². The van der Waals surface area contributed by atoms with Crippen LogP contribution < -0.4 is 26.2 Å². The molecule has 210 valence electrons. The van der Waals surface area contributed by atoms with Crippen LogP contribution >= 0.6 is 0 Å². The molecule has 0 unspecified atom stereocenters. The highest BCUT2D eigenvalue weighted by molar-refractivity contribution is 5.77. The Bertz CT molecular complexity index is 1570. The number of benzene rings is 1. The van der Waals surface area contributed by atoms with E-state index in [1.54, 1.807) is 35.9 Å². The third-order valence-corrected chi connectivity index (χ3v) is 6.44. The molecule has 4 aromatic rings. The van der Waals surface area contributed by atoms with Crippen molar-refractivity contribution in [3.63, 3.8) is 0 Å². The van der Waals surface area contributed by atoms with E-state index in [9.17, 15) is 18.0 Å². The second kappa shape index (κ2) is 11.4. The first kappa shape index (κ1) is 27.2. The van der Waals surface area contributed by atoms with Gasteiger partial charge in [0.2, 0.25) is 5.95 Å². The molecular weight excluding hydrogens is 525 g/mol. The molecule has 0 spiro atoms. The number of rotatable bonds is 9. The summed E-state index contributed by atoms with van der Waals surface area (Å²) in [6.07, 6.45) is 0.592. The minimum absolute atomic E-state index is 0.124. The molecule has 1 aliphatic heterocycles. The van der Waals surface area contributed by atoms with Gasteiger partial charge in [-0.2, -0.15) is 18.2 Å². The summed E-state index contributed by atoms with van der Waals surface area (Å²) in [5.41, 5.74) is 1.10. The molecule has 0 saturated carbocycles. The summed E-state index contributed by atoms with van der Waals surface area (Å²) in [4.78, 5) is 26.9. The number of pyridine rings is 1. The van der Waals surface area contributed by atoms with Gasteiger partial charge < -0.3 is 20.7 Å². The van der Waals surface area contributed by atoms with Crippen LogP contribution in [0.15, 0.2) is 60.0 Å². The van der Waals surface area contributed by atoms with E-state index >= 15 is 0 Å². The Labute approximate surface area is 227 Å². The van der Waals surface area contributed by atoms with Crippen molar-refractivity contribution in [3.05, 3.63) is 71.2 Å². The predicted molar refractivity (Wildman–Crippen MR) is 147 cm³/mol. The molecule has 0 radical (unpaired) electrons. The van der Waals surface area contributed by atoms with Crippen molar-refractivity contribution in [1.82, 2.24) is 29.6 Å². The summed E-state index contributed by atoms with van der Waals surface area (Å²) in [5.74, 6) is 1.52. The molecule has 1 fully saturated rings. The highest BCUT2D eigenvalue weighted by atomic mass is 19.4. The minimum Gasteiger partial charge on any atom is -0.484 e. The van der Waals surface area contributed by atoms with E-state index in [2.05, 4.69) is 32.5 Å². The Morgan fingerprint density at radius 2 is 2.00 bits per heavy atom.